The minimum absolute atomic E-state index is 0.164. The van der Waals surface area contributed by atoms with Crippen LogP contribution < -0.4 is 0 Å². The summed E-state index contributed by atoms with van der Waals surface area (Å²) in [4.78, 5) is 34.9. The molecule has 0 spiro atoms. The van der Waals surface area contributed by atoms with Crippen LogP contribution in [0.4, 0.5) is 0 Å². The molecule has 10 nitrogen and oxygen atoms in total. The molecule has 0 aliphatic heterocycles. The molecule has 0 saturated carbocycles. The molecule has 0 radical (unpaired) electrons. The summed E-state index contributed by atoms with van der Waals surface area (Å²) < 4.78 is 32.6. The molecule has 0 aromatic heterocycles. The Bertz CT molecular complexity index is 1070. The van der Waals surface area contributed by atoms with E-state index in [9.17, 15) is 24.2 Å². The Labute approximate surface area is 321 Å². The Morgan fingerprint density at radius 1 is 0.566 bits per heavy atom. The van der Waals surface area contributed by atoms with Crippen molar-refractivity contribution in [2.45, 2.75) is 167 Å². The van der Waals surface area contributed by atoms with Gasteiger partial charge in [0, 0.05) is 12.8 Å². The van der Waals surface area contributed by atoms with Gasteiger partial charge in [-0.2, -0.15) is 0 Å². The van der Waals surface area contributed by atoms with E-state index in [2.05, 4.69) is 79.1 Å². The number of allylic oxidation sites excluding steroid dienone is 10. The number of ether oxygens (including phenoxy) is 2. The number of aliphatic hydroxyl groups is 2. The van der Waals surface area contributed by atoms with Crippen LogP contribution in [0.3, 0.4) is 0 Å². The van der Waals surface area contributed by atoms with Crippen LogP contribution in [0.2, 0.25) is 0 Å². The van der Waals surface area contributed by atoms with Gasteiger partial charge in [-0.3, -0.25) is 18.6 Å². The fourth-order valence-electron chi connectivity index (χ4n) is 4.98. The van der Waals surface area contributed by atoms with Crippen LogP contribution in [-0.4, -0.2) is 65.7 Å². The van der Waals surface area contributed by atoms with Crippen LogP contribution in [0.15, 0.2) is 60.8 Å². The number of unbranched alkanes of at least 4 members (excludes halogenated alkanes) is 13. The molecular weight excluding hydrogens is 695 g/mol. The Balaban J connectivity index is 4.42. The smallest absolute Gasteiger partial charge is 0.462 e. The van der Waals surface area contributed by atoms with E-state index in [0.29, 0.717) is 12.8 Å². The SMILES string of the molecule is CCC/C=C/C/C=C/C/C=C/C/C=C/CCCCCC(=O)OC[C@H](COP(=O)(O)OC[C@@H](O)CO)OC(=O)CCCCCCC/C=C/CCCCCC. The number of rotatable bonds is 37. The van der Waals surface area contributed by atoms with Gasteiger partial charge in [0.2, 0.25) is 0 Å². The maximum absolute atomic E-state index is 12.6. The van der Waals surface area contributed by atoms with Crippen molar-refractivity contribution in [3.63, 3.8) is 0 Å². The van der Waals surface area contributed by atoms with Crippen LogP contribution in [0.1, 0.15) is 155 Å². The maximum Gasteiger partial charge on any atom is 0.472 e. The van der Waals surface area contributed by atoms with Gasteiger partial charge in [-0.05, 0) is 77.0 Å². The number of carbonyl (C=O) groups is 2. The number of esters is 2. The maximum atomic E-state index is 12.6. The van der Waals surface area contributed by atoms with Crippen LogP contribution in [-0.2, 0) is 32.7 Å². The summed E-state index contributed by atoms with van der Waals surface area (Å²) in [6.07, 6.45) is 40.4. The van der Waals surface area contributed by atoms with Crippen molar-refractivity contribution in [1.82, 2.24) is 0 Å². The summed E-state index contributed by atoms with van der Waals surface area (Å²) in [5, 5.41) is 18.3. The van der Waals surface area contributed by atoms with Crippen molar-refractivity contribution in [3.8, 4) is 0 Å². The lowest BCUT2D eigenvalue weighted by Gasteiger charge is -2.20. The summed E-state index contributed by atoms with van der Waals surface area (Å²) in [5.41, 5.74) is 0. The second kappa shape index (κ2) is 38.0. The molecule has 0 bridgehead atoms. The van der Waals surface area contributed by atoms with E-state index in [0.717, 1.165) is 83.5 Å². The highest BCUT2D eigenvalue weighted by atomic mass is 31.2. The Hall–Kier alpha value is -2.33. The highest BCUT2D eigenvalue weighted by molar-refractivity contribution is 7.47. The fourth-order valence-corrected chi connectivity index (χ4v) is 5.77. The molecule has 0 rings (SSSR count). The first-order valence-corrected chi connectivity index (χ1v) is 21.7. The summed E-state index contributed by atoms with van der Waals surface area (Å²) in [7, 11) is -4.63. The van der Waals surface area contributed by atoms with Crippen LogP contribution >= 0.6 is 7.82 Å². The van der Waals surface area contributed by atoms with E-state index >= 15 is 0 Å². The van der Waals surface area contributed by atoms with Crippen LogP contribution in [0.5, 0.6) is 0 Å². The molecule has 0 aliphatic rings. The van der Waals surface area contributed by atoms with E-state index in [1.54, 1.807) is 0 Å². The molecule has 53 heavy (non-hydrogen) atoms. The van der Waals surface area contributed by atoms with Crippen molar-refractivity contribution in [2.24, 2.45) is 0 Å². The zero-order valence-electron chi connectivity index (χ0n) is 33.0. The zero-order valence-corrected chi connectivity index (χ0v) is 33.9. The molecule has 0 aromatic carbocycles. The third-order valence-corrected chi connectivity index (χ3v) is 9.08. The number of hydrogen-bond donors (Lipinski definition) is 3. The normalized spacial score (nSPS) is 14.6. The fraction of sp³-hybridized carbons (Fsp3) is 0.714. The first kappa shape index (κ1) is 50.7. The molecule has 306 valence electrons. The molecule has 3 N–H and O–H groups in total. The minimum Gasteiger partial charge on any atom is -0.462 e. The number of hydrogen-bond acceptors (Lipinski definition) is 9. The molecule has 0 heterocycles. The van der Waals surface area contributed by atoms with Gasteiger partial charge < -0.3 is 24.6 Å². The van der Waals surface area contributed by atoms with E-state index in [1.165, 1.54) is 32.1 Å². The van der Waals surface area contributed by atoms with E-state index in [1.807, 2.05) is 0 Å². The lowest BCUT2D eigenvalue weighted by Crippen LogP contribution is -2.29. The molecule has 11 heteroatoms. The predicted molar refractivity (Wildman–Crippen MR) is 214 cm³/mol. The molecule has 0 aliphatic carbocycles. The van der Waals surface area contributed by atoms with Gasteiger partial charge in [-0.15, -0.1) is 0 Å². The second-order valence-electron chi connectivity index (χ2n) is 13.3. The molecule has 0 saturated heterocycles. The first-order valence-electron chi connectivity index (χ1n) is 20.2. The van der Waals surface area contributed by atoms with E-state index in [4.69, 9.17) is 19.1 Å². The van der Waals surface area contributed by atoms with Crippen molar-refractivity contribution in [1.29, 1.82) is 0 Å². The van der Waals surface area contributed by atoms with Gasteiger partial charge >= 0.3 is 19.8 Å². The molecule has 1 unspecified atom stereocenters. The molecule has 0 fully saturated rings. The molecular formula is C42H73O10P. The molecule has 3 atom stereocenters. The Morgan fingerprint density at radius 2 is 1.02 bits per heavy atom. The molecule has 0 aromatic rings. The van der Waals surface area contributed by atoms with Crippen molar-refractivity contribution in [2.75, 3.05) is 26.4 Å². The van der Waals surface area contributed by atoms with Crippen molar-refractivity contribution < 1.29 is 47.8 Å². The van der Waals surface area contributed by atoms with Crippen LogP contribution in [0.25, 0.3) is 0 Å². The Morgan fingerprint density at radius 3 is 1.58 bits per heavy atom. The summed E-state index contributed by atoms with van der Waals surface area (Å²) in [6.45, 7) is 2.23. The summed E-state index contributed by atoms with van der Waals surface area (Å²) in [5.74, 6) is -0.977. The highest BCUT2D eigenvalue weighted by Gasteiger charge is 2.27. The van der Waals surface area contributed by atoms with Gasteiger partial charge in [0.15, 0.2) is 6.10 Å². The third kappa shape index (κ3) is 37.8. The van der Waals surface area contributed by atoms with Gasteiger partial charge in [-0.1, -0.05) is 126 Å². The van der Waals surface area contributed by atoms with Crippen molar-refractivity contribution >= 4 is 19.8 Å². The quantitative estimate of drug-likeness (QED) is 0.0241. The van der Waals surface area contributed by atoms with Crippen LogP contribution in [0, 0.1) is 0 Å². The highest BCUT2D eigenvalue weighted by Crippen LogP contribution is 2.43. The third-order valence-electron chi connectivity index (χ3n) is 8.13. The van der Waals surface area contributed by atoms with Gasteiger partial charge in [0.05, 0.1) is 19.8 Å². The number of carbonyl (C=O) groups excluding carboxylic acids is 2. The Kier molecular flexibility index (Phi) is 36.3. The van der Waals surface area contributed by atoms with Gasteiger partial charge in [-0.25, -0.2) is 4.57 Å². The minimum atomic E-state index is -4.63. The first-order chi connectivity index (χ1) is 25.7. The van der Waals surface area contributed by atoms with Crippen molar-refractivity contribution in [3.05, 3.63) is 60.8 Å². The van der Waals surface area contributed by atoms with Gasteiger partial charge in [0.1, 0.15) is 12.7 Å². The van der Waals surface area contributed by atoms with E-state index in [-0.39, 0.29) is 19.4 Å². The molecule has 0 amide bonds. The average molecular weight is 769 g/mol. The summed E-state index contributed by atoms with van der Waals surface area (Å²) in [6, 6.07) is 0. The number of aliphatic hydroxyl groups excluding tert-OH is 2. The lowest BCUT2D eigenvalue weighted by molar-refractivity contribution is -0.161. The monoisotopic (exact) mass is 768 g/mol. The average Bonchev–Trinajstić information content (AvgIpc) is 3.14. The second-order valence-corrected chi connectivity index (χ2v) is 14.8. The standard InChI is InChI=1S/C42H73O10P/c1-3-5-7-9-11-13-15-17-18-19-20-22-23-25-27-29-31-33-41(45)49-37-40(38-51-53(47,48)50-36-39(44)35-43)52-42(46)34-32-30-28-26-24-21-16-14-12-10-8-6-4-2/h7,9,13-16,18-19,22-23,39-40,43-44H,3-6,8,10-12,17,20-21,24-38H2,1-2H3,(H,47,48)/b9-7+,15-13+,16-14+,19-18+,23-22+/t39-,40+/m0/s1. The van der Waals surface area contributed by atoms with Gasteiger partial charge in [0.25, 0.3) is 0 Å². The number of phosphoric acid groups is 1. The lowest BCUT2D eigenvalue weighted by atomic mass is 10.1. The predicted octanol–water partition coefficient (Wildman–Crippen LogP) is 10.3. The topological polar surface area (TPSA) is 149 Å². The van der Waals surface area contributed by atoms with E-state index < -0.39 is 51.8 Å². The summed E-state index contributed by atoms with van der Waals surface area (Å²) >= 11 is 0. The number of phosphoric ester groups is 1. The zero-order chi connectivity index (χ0) is 39.1. The largest absolute Gasteiger partial charge is 0.472 e.